The third-order valence-corrected chi connectivity index (χ3v) is 4.39. The zero-order valence-electron chi connectivity index (χ0n) is 15.4. The molecule has 1 N–H and O–H groups in total. The van der Waals surface area contributed by atoms with Gasteiger partial charge in [0, 0.05) is 44.0 Å². The molecule has 140 valence electrons. The van der Waals surface area contributed by atoms with Crippen LogP contribution in [0.25, 0.3) is 6.08 Å². The van der Waals surface area contributed by atoms with Crippen LogP contribution in [0.3, 0.4) is 0 Å². The van der Waals surface area contributed by atoms with Crippen molar-refractivity contribution in [1.29, 1.82) is 0 Å². The Morgan fingerprint density at radius 1 is 1.23 bits per heavy atom. The van der Waals surface area contributed by atoms with Gasteiger partial charge >= 0.3 is 0 Å². The molecule has 0 radical (unpaired) electrons. The molecule has 0 aromatic carbocycles. The minimum Gasteiger partial charge on any atom is -0.421 e. The Morgan fingerprint density at radius 3 is 2.92 bits per heavy atom. The van der Waals surface area contributed by atoms with Crippen LogP contribution >= 0.6 is 0 Å². The fourth-order valence-corrected chi connectivity index (χ4v) is 2.94. The molecule has 0 saturated carbocycles. The van der Waals surface area contributed by atoms with Gasteiger partial charge in [-0.15, -0.1) is 20.4 Å². The topological polar surface area (TPSA) is 98.7 Å². The number of aromatic nitrogens is 5. The van der Waals surface area contributed by atoms with Crippen molar-refractivity contribution in [1.82, 2.24) is 30.3 Å². The standard InChI is InChI=1S/C18H26N6O2/c1-13(2)18-23-22-17(26-18)10-9-16(25)19-11-6-8-15-21-20-14-7-4-3-5-12-24(14)15/h9-10,13H,3-8,11-12H2,1-2H3,(H,19,25). The summed E-state index contributed by atoms with van der Waals surface area (Å²) in [6, 6.07) is 0. The molecule has 8 heteroatoms. The van der Waals surface area contributed by atoms with Crippen LogP contribution < -0.4 is 5.32 Å². The van der Waals surface area contributed by atoms with E-state index in [0.717, 1.165) is 37.5 Å². The van der Waals surface area contributed by atoms with Crippen LogP contribution in [-0.4, -0.2) is 37.4 Å². The highest BCUT2D eigenvalue weighted by atomic mass is 16.4. The second-order valence-electron chi connectivity index (χ2n) is 6.86. The summed E-state index contributed by atoms with van der Waals surface area (Å²) in [6.45, 7) is 5.55. The Balaban J connectivity index is 1.41. The number of nitrogens with zero attached hydrogens (tertiary/aromatic N) is 5. The Kier molecular flexibility index (Phi) is 6.14. The first-order valence-electron chi connectivity index (χ1n) is 9.33. The molecule has 0 bridgehead atoms. The molecule has 1 amide bonds. The molecule has 3 rings (SSSR count). The molecule has 2 aromatic rings. The van der Waals surface area contributed by atoms with E-state index in [0.29, 0.717) is 18.3 Å². The van der Waals surface area contributed by atoms with E-state index in [4.69, 9.17) is 4.42 Å². The average Bonchev–Trinajstić information content (AvgIpc) is 3.18. The van der Waals surface area contributed by atoms with Gasteiger partial charge in [-0.05, 0) is 19.3 Å². The fraction of sp³-hybridized carbons (Fsp3) is 0.611. The molecule has 0 fully saturated rings. The Bertz CT molecular complexity index is 762. The number of hydrogen-bond donors (Lipinski definition) is 1. The van der Waals surface area contributed by atoms with Crippen LogP contribution in [0.5, 0.6) is 0 Å². The number of carbonyl (C=O) groups is 1. The molecule has 2 aromatic heterocycles. The van der Waals surface area contributed by atoms with Gasteiger partial charge in [0.1, 0.15) is 11.6 Å². The minimum atomic E-state index is -0.172. The van der Waals surface area contributed by atoms with Crippen LogP contribution in [-0.2, 0) is 24.2 Å². The van der Waals surface area contributed by atoms with Crippen LogP contribution in [0.4, 0.5) is 0 Å². The van der Waals surface area contributed by atoms with E-state index < -0.39 is 0 Å². The third-order valence-electron chi connectivity index (χ3n) is 4.39. The number of hydrogen-bond acceptors (Lipinski definition) is 6. The molecule has 26 heavy (non-hydrogen) atoms. The zero-order valence-corrected chi connectivity index (χ0v) is 15.4. The molecule has 3 heterocycles. The number of carbonyl (C=O) groups excluding carboxylic acids is 1. The Hall–Kier alpha value is -2.51. The van der Waals surface area contributed by atoms with Crippen LogP contribution in [0.15, 0.2) is 10.5 Å². The summed E-state index contributed by atoms with van der Waals surface area (Å²) in [5, 5.41) is 19.3. The van der Waals surface area contributed by atoms with Crippen LogP contribution in [0, 0.1) is 0 Å². The van der Waals surface area contributed by atoms with Crippen LogP contribution in [0.2, 0.25) is 0 Å². The van der Waals surface area contributed by atoms with Crippen molar-refractivity contribution < 1.29 is 9.21 Å². The highest BCUT2D eigenvalue weighted by Crippen LogP contribution is 2.15. The summed E-state index contributed by atoms with van der Waals surface area (Å²) in [4.78, 5) is 11.9. The quantitative estimate of drug-likeness (QED) is 0.602. The van der Waals surface area contributed by atoms with Crippen molar-refractivity contribution in [3.05, 3.63) is 29.5 Å². The SMILES string of the molecule is CC(C)c1nnc(C=CC(=O)NCCCc2nnc3n2CCCCC3)o1. The summed E-state index contributed by atoms with van der Waals surface area (Å²) in [6.07, 6.45) is 9.25. The van der Waals surface area contributed by atoms with Gasteiger partial charge in [-0.3, -0.25) is 4.79 Å². The molecule has 0 spiro atoms. The first-order valence-corrected chi connectivity index (χ1v) is 9.33. The van der Waals surface area contributed by atoms with E-state index in [1.165, 1.54) is 31.4 Å². The van der Waals surface area contributed by atoms with Crippen molar-refractivity contribution in [2.45, 2.75) is 64.8 Å². The van der Waals surface area contributed by atoms with Crippen molar-refractivity contribution in [3.8, 4) is 0 Å². The van der Waals surface area contributed by atoms with E-state index in [2.05, 4.69) is 30.3 Å². The maximum Gasteiger partial charge on any atom is 0.244 e. The Morgan fingerprint density at radius 2 is 2.12 bits per heavy atom. The number of aryl methyl sites for hydroxylation is 2. The molecule has 1 aliphatic rings. The van der Waals surface area contributed by atoms with Gasteiger partial charge in [0.2, 0.25) is 17.7 Å². The second kappa shape index (κ2) is 8.73. The Labute approximate surface area is 153 Å². The number of fused-ring (bicyclic) bond motifs is 1. The maximum atomic E-state index is 11.9. The van der Waals surface area contributed by atoms with Gasteiger partial charge in [0.05, 0.1) is 0 Å². The van der Waals surface area contributed by atoms with Gasteiger partial charge in [-0.2, -0.15) is 0 Å². The predicted molar refractivity (Wildman–Crippen MR) is 96.3 cm³/mol. The summed E-state index contributed by atoms with van der Waals surface area (Å²) in [5.74, 6) is 3.04. The van der Waals surface area contributed by atoms with Gasteiger partial charge in [-0.1, -0.05) is 20.3 Å². The lowest BCUT2D eigenvalue weighted by molar-refractivity contribution is -0.116. The molecule has 8 nitrogen and oxygen atoms in total. The first kappa shape index (κ1) is 18.3. The van der Waals surface area contributed by atoms with E-state index in [-0.39, 0.29) is 11.8 Å². The third kappa shape index (κ3) is 4.77. The van der Waals surface area contributed by atoms with Crippen molar-refractivity contribution in [3.63, 3.8) is 0 Å². The molecule has 1 aliphatic heterocycles. The second-order valence-corrected chi connectivity index (χ2v) is 6.86. The van der Waals surface area contributed by atoms with E-state index >= 15 is 0 Å². The highest BCUT2D eigenvalue weighted by Gasteiger charge is 2.14. The largest absolute Gasteiger partial charge is 0.421 e. The highest BCUT2D eigenvalue weighted by molar-refractivity contribution is 5.91. The number of amides is 1. The molecule has 0 atom stereocenters. The molecule has 0 saturated heterocycles. The number of nitrogens with one attached hydrogen (secondary N) is 1. The van der Waals surface area contributed by atoms with Gasteiger partial charge in [0.15, 0.2) is 0 Å². The van der Waals surface area contributed by atoms with Crippen molar-refractivity contribution >= 4 is 12.0 Å². The molecular formula is C18H26N6O2. The van der Waals surface area contributed by atoms with Gasteiger partial charge < -0.3 is 14.3 Å². The maximum absolute atomic E-state index is 11.9. The van der Waals surface area contributed by atoms with E-state index in [9.17, 15) is 4.79 Å². The smallest absolute Gasteiger partial charge is 0.244 e. The van der Waals surface area contributed by atoms with E-state index in [1.807, 2.05) is 13.8 Å². The minimum absolute atomic E-state index is 0.172. The fourth-order valence-electron chi connectivity index (χ4n) is 2.94. The molecule has 0 unspecified atom stereocenters. The summed E-state index contributed by atoms with van der Waals surface area (Å²) < 4.78 is 7.67. The predicted octanol–water partition coefficient (Wildman–Crippen LogP) is 2.27. The van der Waals surface area contributed by atoms with Crippen LogP contribution in [0.1, 0.15) is 68.9 Å². The average molecular weight is 358 g/mol. The summed E-state index contributed by atoms with van der Waals surface area (Å²) in [5.41, 5.74) is 0. The molecule has 0 aliphatic carbocycles. The summed E-state index contributed by atoms with van der Waals surface area (Å²) in [7, 11) is 0. The first-order chi connectivity index (χ1) is 12.6. The lowest BCUT2D eigenvalue weighted by Gasteiger charge is -2.07. The zero-order chi connectivity index (χ0) is 18.4. The van der Waals surface area contributed by atoms with Gasteiger partial charge in [-0.25, -0.2) is 0 Å². The summed E-state index contributed by atoms with van der Waals surface area (Å²) >= 11 is 0. The van der Waals surface area contributed by atoms with Crippen molar-refractivity contribution in [2.24, 2.45) is 0 Å². The lowest BCUT2D eigenvalue weighted by Crippen LogP contribution is -2.22. The lowest BCUT2D eigenvalue weighted by atomic mass is 10.2. The van der Waals surface area contributed by atoms with Crippen molar-refractivity contribution in [2.75, 3.05) is 6.54 Å². The monoisotopic (exact) mass is 358 g/mol. The number of rotatable bonds is 7. The normalized spacial score (nSPS) is 14.6. The van der Waals surface area contributed by atoms with Gasteiger partial charge in [0.25, 0.3) is 0 Å². The molecular weight excluding hydrogens is 332 g/mol. The van der Waals surface area contributed by atoms with E-state index in [1.54, 1.807) is 0 Å².